The molecule has 0 radical (unpaired) electrons. The lowest BCUT2D eigenvalue weighted by Crippen LogP contribution is -2.34. The van der Waals surface area contributed by atoms with Crippen molar-refractivity contribution in [2.75, 3.05) is 13.7 Å². The minimum atomic E-state index is -1.28. The number of aliphatic carboxylic acids is 1. The van der Waals surface area contributed by atoms with Crippen molar-refractivity contribution in [1.29, 1.82) is 0 Å². The zero-order valence-corrected chi connectivity index (χ0v) is 11.1. The molecule has 6 nitrogen and oxygen atoms in total. The van der Waals surface area contributed by atoms with E-state index in [1.807, 2.05) is 0 Å². The molecule has 0 aromatic heterocycles. The molecule has 0 aliphatic carbocycles. The molecule has 0 saturated carbocycles. The van der Waals surface area contributed by atoms with Gasteiger partial charge in [0.15, 0.2) is 0 Å². The van der Waals surface area contributed by atoms with Crippen LogP contribution in [0.3, 0.4) is 0 Å². The summed E-state index contributed by atoms with van der Waals surface area (Å²) in [6.45, 7) is -0.694. The van der Waals surface area contributed by atoms with Gasteiger partial charge in [-0.3, -0.25) is 19.3 Å². The summed E-state index contributed by atoms with van der Waals surface area (Å²) in [5.41, 5.74) is 0.189. The monoisotopic (exact) mass is 293 g/mol. The van der Waals surface area contributed by atoms with Crippen LogP contribution in [0.25, 0.3) is 6.08 Å². The lowest BCUT2D eigenvalue weighted by Gasteiger charge is -2.09. The Kier molecular flexibility index (Phi) is 4.02. The largest absolute Gasteiger partial charge is 0.497 e. The van der Waals surface area contributed by atoms with Crippen LogP contribution < -0.4 is 4.74 Å². The first-order chi connectivity index (χ1) is 9.92. The SMILES string of the molecule is COc1ccc(/C=C2\CC(=O)N(CC(=O)O)C2=O)c(F)c1. The fraction of sp³-hybridized carbons (Fsp3) is 0.214. The molecule has 21 heavy (non-hydrogen) atoms. The van der Waals surface area contributed by atoms with Crippen molar-refractivity contribution >= 4 is 23.9 Å². The summed E-state index contributed by atoms with van der Waals surface area (Å²) in [6.07, 6.45) is 1.01. The number of likely N-dealkylation sites (tertiary alicyclic amines) is 1. The van der Waals surface area contributed by atoms with E-state index in [0.717, 1.165) is 6.07 Å². The highest BCUT2D eigenvalue weighted by Crippen LogP contribution is 2.24. The smallest absolute Gasteiger partial charge is 0.323 e. The van der Waals surface area contributed by atoms with Crippen molar-refractivity contribution in [2.45, 2.75) is 6.42 Å². The van der Waals surface area contributed by atoms with E-state index >= 15 is 0 Å². The van der Waals surface area contributed by atoms with Crippen LogP contribution in [0.5, 0.6) is 5.75 Å². The molecule has 1 aliphatic heterocycles. The molecule has 7 heteroatoms. The summed E-state index contributed by atoms with van der Waals surface area (Å²) in [6, 6.07) is 4.09. The number of hydrogen-bond acceptors (Lipinski definition) is 4. The van der Waals surface area contributed by atoms with Gasteiger partial charge >= 0.3 is 5.97 Å². The van der Waals surface area contributed by atoms with Crippen LogP contribution in [0, 0.1) is 5.82 Å². The minimum Gasteiger partial charge on any atom is -0.497 e. The van der Waals surface area contributed by atoms with Crippen molar-refractivity contribution in [3.05, 3.63) is 35.2 Å². The summed E-state index contributed by atoms with van der Waals surface area (Å²) < 4.78 is 18.7. The lowest BCUT2D eigenvalue weighted by molar-refractivity contribution is -0.148. The number of rotatable bonds is 4. The van der Waals surface area contributed by atoms with E-state index in [1.165, 1.54) is 25.3 Å². The third-order valence-electron chi connectivity index (χ3n) is 2.99. The predicted octanol–water partition coefficient (Wildman–Crippen LogP) is 1.06. The van der Waals surface area contributed by atoms with Crippen molar-refractivity contribution in [2.24, 2.45) is 0 Å². The third kappa shape index (κ3) is 3.07. The molecular weight excluding hydrogens is 281 g/mol. The van der Waals surface area contributed by atoms with Gasteiger partial charge in [-0.05, 0) is 18.2 Å². The third-order valence-corrected chi connectivity index (χ3v) is 2.99. The van der Waals surface area contributed by atoms with E-state index in [-0.39, 0.29) is 17.6 Å². The molecule has 0 bridgehead atoms. The Morgan fingerprint density at radius 2 is 2.19 bits per heavy atom. The first-order valence-electron chi connectivity index (χ1n) is 6.03. The standard InChI is InChI=1S/C14H12FNO5/c1-21-10-3-2-8(11(15)6-10)4-9-5-12(17)16(14(9)20)7-13(18)19/h2-4,6H,5,7H2,1H3,(H,18,19)/b9-4+. The second-order valence-corrected chi connectivity index (χ2v) is 4.41. The first kappa shape index (κ1) is 14.7. The van der Waals surface area contributed by atoms with Crippen molar-refractivity contribution in [1.82, 2.24) is 4.90 Å². The molecule has 110 valence electrons. The topological polar surface area (TPSA) is 83.9 Å². The summed E-state index contributed by atoms with van der Waals surface area (Å²) in [4.78, 5) is 34.7. The van der Waals surface area contributed by atoms with E-state index < -0.39 is 30.1 Å². The highest BCUT2D eigenvalue weighted by molar-refractivity contribution is 6.16. The van der Waals surface area contributed by atoms with E-state index in [2.05, 4.69) is 0 Å². The number of halogens is 1. The molecule has 1 N–H and O–H groups in total. The van der Waals surface area contributed by atoms with Crippen LogP contribution in [0.1, 0.15) is 12.0 Å². The second kappa shape index (κ2) is 5.74. The molecule has 2 rings (SSSR count). The predicted molar refractivity (Wildman–Crippen MR) is 69.9 cm³/mol. The Morgan fingerprint density at radius 3 is 2.76 bits per heavy atom. The Labute approximate surface area is 119 Å². The van der Waals surface area contributed by atoms with Crippen LogP contribution in [0.4, 0.5) is 4.39 Å². The Hall–Kier alpha value is -2.70. The van der Waals surface area contributed by atoms with E-state index in [1.54, 1.807) is 0 Å². The summed E-state index contributed by atoms with van der Waals surface area (Å²) in [5, 5.41) is 8.65. The van der Waals surface area contributed by atoms with Crippen LogP contribution in [-0.4, -0.2) is 41.4 Å². The molecule has 0 unspecified atom stereocenters. The van der Waals surface area contributed by atoms with Crippen LogP contribution >= 0.6 is 0 Å². The number of amides is 2. The molecule has 1 aromatic carbocycles. The molecule has 0 spiro atoms. The van der Waals surface area contributed by atoms with Gasteiger partial charge in [0, 0.05) is 17.2 Å². The van der Waals surface area contributed by atoms with Gasteiger partial charge in [0.2, 0.25) is 5.91 Å². The van der Waals surface area contributed by atoms with Gasteiger partial charge in [-0.1, -0.05) is 0 Å². The Bertz CT molecular complexity index is 653. The summed E-state index contributed by atoms with van der Waals surface area (Å²) in [7, 11) is 1.40. The Balaban J connectivity index is 2.28. The van der Waals surface area contributed by atoms with Crippen LogP contribution in [-0.2, 0) is 14.4 Å². The lowest BCUT2D eigenvalue weighted by atomic mass is 10.1. The molecule has 1 aliphatic rings. The van der Waals surface area contributed by atoms with Gasteiger partial charge in [0.05, 0.1) is 13.5 Å². The average molecular weight is 293 g/mol. The fourth-order valence-electron chi connectivity index (χ4n) is 1.97. The number of carbonyl (C=O) groups is 3. The summed E-state index contributed by atoms with van der Waals surface area (Å²) in [5.74, 6) is -2.87. The normalized spacial score (nSPS) is 16.7. The maximum absolute atomic E-state index is 13.8. The maximum Gasteiger partial charge on any atom is 0.323 e. The van der Waals surface area contributed by atoms with Gasteiger partial charge in [-0.15, -0.1) is 0 Å². The number of carboxylic acid groups (broad SMARTS) is 1. The van der Waals surface area contributed by atoms with Crippen molar-refractivity contribution < 1.29 is 28.6 Å². The van der Waals surface area contributed by atoms with Gasteiger partial charge < -0.3 is 9.84 Å². The number of ether oxygens (including phenoxy) is 1. The number of carbonyl (C=O) groups excluding carboxylic acids is 2. The molecule has 1 fully saturated rings. The zero-order valence-electron chi connectivity index (χ0n) is 11.1. The number of benzene rings is 1. The number of hydrogen-bond donors (Lipinski definition) is 1. The van der Waals surface area contributed by atoms with Gasteiger partial charge in [0.25, 0.3) is 5.91 Å². The summed E-state index contributed by atoms with van der Waals surface area (Å²) >= 11 is 0. The number of imide groups is 1. The highest BCUT2D eigenvalue weighted by Gasteiger charge is 2.35. The van der Waals surface area contributed by atoms with Gasteiger partial charge in [-0.25, -0.2) is 4.39 Å². The number of nitrogens with zero attached hydrogens (tertiary/aromatic N) is 1. The molecule has 1 aromatic rings. The fourth-order valence-corrected chi connectivity index (χ4v) is 1.97. The van der Waals surface area contributed by atoms with Crippen LogP contribution in [0.2, 0.25) is 0 Å². The molecule has 1 heterocycles. The maximum atomic E-state index is 13.8. The number of methoxy groups -OCH3 is 1. The number of carboxylic acids is 1. The average Bonchev–Trinajstić information content (AvgIpc) is 2.68. The molecular formula is C14H12FNO5. The molecule has 0 atom stereocenters. The molecule has 2 amide bonds. The van der Waals surface area contributed by atoms with E-state index in [4.69, 9.17) is 9.84 Å². The van der Waals surface area contributed by atoms with E-state index in [9.17, 15) is 18.8 Å². The minimum absolute atomic E-state index is 0.0605. The van der Waals surface area contributed by atoms with Gasteiger partial charge in [0.1, 0.15) is 18.1 Å². The van der Waals surface area contributed by atoms with Crippen molar-refractivity contribution in [3.63, 3.8) is 0 Å². The van der Waals surface area contributed by atoms with Crippen molar-refractivity contribution in [3.8, 4) is 5.75 Å². The van der Waals surface area contributed by atoms with Crippen LogP contribution in [0.15, 0.2) is 23.8 Å². The van der Waals surface area contributed by atoms with Gasteiger partial charge in [-0.2, -0.15) is 0 Å². The quantitative estimate of drug-likeness (QED) is 0.663. The first-order valence-corrected chi connectivity index (χ1v) is 6.03. The second-order valence-electron chi connectivity index (χ2n) is 4.41. The molecule has 1 saturated heterocycles. The highest BCUT2D eigenvalue weighted by atomic mass is 19.1. The Morgan fingerprint density at radius 1 is 1.48 bits per heavy atom. The zero-order chi connectivity index (χ0) is 15.6. The van der Waals surface area contributed by atoms with E-state index in [0.29, 0.717) is 10.6 Å².